The fourth-order valence-electron chi connectivity index (χ4n) is 1.77. The molecule has 2 rings (SSSR count). The van der Waals surface area contributed by atoms with Crippen molar-refractivity contribution in [1.29, 1.82) is 0 Å². The van der Waals surface area contributed by atoms with Crippen LogP contribution >= 0.6 is 15.9 Å². The van der Waals surface area contributed by atoms with Crippen LogP contribution in [0.5, 0.6) is 0 Å². The van der Waals surface area contributed by atoms with Crippen molar-refractivity contribution in [3.05, 3.63) is 46.0 Å². The molecule has 0 bridgehead atoms. The maximum atomic E-state index is 11.2. The number of carboxylic acids is 1. The largest absolute Gasteiger partial charge is 0.477 e. The van der Waals surface area contributed by atoms with Gasteiger partial charge >= 0.3 is 5.97 Å². The van der Waals surface area contributed by atoms with Crippen LogP contribution in [0.25, 0.3) is 5.69 Å². The molecule has 88 valence electrons. The molecule has 0 amide bonds. The molecule has 0 fully saturated rings. The molecule has 1 heterocycles. The van der Waals surface area contributed by atoms with Gasteiger partial charge < -0.3 is 5.11 Å². The van der Waals surface area contributed by atoms with Crippen molar-refractivity contribution in [3.63, 3.8) is 0 Å². The second-order valence-electron chi connectivity index (χ2n) is 3.78. The van der Waals surface area contributed by atoms with E-state index in [1.54, 1.807) is 11.5 Å². The number of hydrogen-bond donors (Lipinski definition) is 1. The van der Waals surface area contributed by atoms with E-state index in [1.165, 1.54) is 6.33 Å². The number of imidazole rings is 1. The number of aromatic nitrogens is 2. The lowest BCUT2D eigenvalue weighted by Gasteiger charge is -2.09. The lowest BCUT2D eigenvalue weighted by atomic mass is 10.2. The lowest BCUT2D eigenvalue weighted by Crippen LogP contribution is -2.08. The molecule has 0 aliphatic carbocycles. The fraction of sp³-hybridized carbons (Fsp3) is 0.167. The Morgan fingerprint density at radius 1 is 1.41 bits per heavy atom. The molecule has 0 saturated heterocycles. The number of benzene rings is 1. The van der Waals surface area contributed by atoms with Gasteiger partial charge in [-0.3, -0.25) is 4.57 Å². The molecule has 4 nitrogen and oxygen atoms in total. The summed E-state index contributed by atoms with van der Waals surface area (Å²) in [6, 6.07) is 5.69. The van der Waals surface area contributed by atoms with E-state index in [1.807, 2.05) is 25.1 Å². The van der Waals surface area contributed by atoms with Gasteiger partial charge in [0.15, 0.2) is 5.69 Å². The summed E-state index contributed by atoms with van der Waals surface area (Å²) >= 11 is 3.38. The summed E-state index contributed by atoms with van der Waals surface area (Å²) in [6.07, 6.45) is 1.54. The van der Waals surface area contributed by atoms with Crippen LogP contribution in [0.1, 0.15) is 21.7 Å². The van der Waals surface area contributed by atoms with Crippen LogP contribution in [0.4, 0.5) is 0 Å². The summed E-state index contributed by atoms with van der Waals surface area (Å²) in [5.74, 6) is -0.970. The Kier molecular flexibility index (Phi) is 3.02. The second kappa shape index (κ2) is 4.33. The summed E-state index contributed by atoms with van der Waals surface area (Å²) in [5, 5.41) is 9.17. The van der Waals surface area contributed by atoms with E-state index in [4.69, 9.17) is 0 Å². The number of carbonyl (C=O) groups is 1. The first kappa shape index (κ1) is 11.9. The summed E-state index contributed by atoms with van der Waals surface area (Å²) in [5.41, 5.74) is 2.53. The van der Waals surface area contributed by atoms with Gasteiger partial charge in [0.25, 0.3) is 0 Å². The lowest BCUT2D eigenvalue weighted by molar-refractivity contribution is 0.0687. The topological polar surface area (TPSA) is 55.1 Å². The SMILES string of the molecule is Cc1cc(Br)ccc1-n1cnc(C)c1C(=O)O. The molecule has 17 heavy (non-hydrogen) atoms. The molecule has 0 aliphatic rings. The predicted octanol–water partition coefficient (Wildman–Crippen LogP) is 2.95. The summed E-state index contributed by atoms with van der Waals surface area (Å²) in [4.78, 5) is 15.2. The third kappa shape index (κ3) is 2.10. The minimum Gasteiger partial charge on any atom is -0.477 e. The number of aryl methyl sites for hydroxylation is 2. The zero-order valence-corrected chi connectivity index (χ0v) is 11.0. The number of nitrogens with zero attached hydrogens (tertiary/aromatic N) is 2. The predicted molar refractivity (Wildman–Crippen MR) is 67.7 cm³/mol. The second-order valence-corrected chi connectivity index (χ2v) is 4.70. The molecular formula is C12H11BrN2O2. The molecule has 1 aromatic heterocycles. The maximum Gasteiger partial charge on any atom is 0.354 e. The van der Waals surface area contributed by atoms with Gasteiger partial charge in [-0.1, -0.05) is 15.9 Å². The van der Waals surface area contributed by atoms with Crippen LogP contribution in [0.15, 0.2) is 29.0 Å². The summed E-state index contributed by atoms with van der Waals surface area (Å²) in [7, 11) is 0. The monoisotopic (exact) mass is 294 g/mol. The van der Waals surface area contributed by atoms with E-state index in [-0.39, 0.29) is 5.69 Å². The van der Waals surface area contributed by atoms with E-state index in [9.17, 15) is 9.90 Å². The molecule has 0 aliphatic heterocycles. The molecule has 1 N–H and O–H groups in total. The van der Waals surface area contributed by atoms with Gasteiger partial charge in [0.1, 0.15) is 6.33 Å². The zero-order chi connectivity index (χ0) is 12.6. The third-order valence-corrected chi connectivity index (χ3v) is 3.06. The van der Waals surface area contributed by atoms with Crippen molar-refractivity contribution in [2.45, 2.75) is 13.8 Å². The average Bonchev–Trinajstić information content (AvgIpc) is 2.60. The van der Waals surface area contributed by atoms with Gasteiger partial charge in [0.2, 0.25) is 0 Å². The van der Waals surface area contributed by atoms with E-state index >= 15 is 0 Å². The highest BCUT2D eigenvalue weighted by Crippen LogP contribution is 2.21. The number of halogens is 1. The number of aromatic carboxylic acids is 1. The summed E-state index contributed by atoms with van der Waals surface area (Å²) in [6.45, 7) is 3.62. The molecule has 0 spiro atoms. The Morgan fingerprint density at radius 2 is 2.12 bits per heavy atom. The fourth-order valence-corrected chi connectivity index (χ4v) is 2.24. The van der Waals surface area contributed by atoms with Crippen molar-refractivity contribution in [1.82, 2.24) is 9.55 Å². The van der Waals surface area contributed by atoms with Crippen LogP contribution in [0.3, 0.4) is 0 Å². The van der Waals surface area contributed by atoms with Gasteiger partial charge in [0, 0.05) is 4.47 Å². The number of carboxylic acid groups (broad SMARTS) is 1. The standard InChI is InChI=1S/C12H11BrN2O2/c1-7-5-9(13)3-4-10(7)15-6-14-8(2)11(15)12(16)17/h3-6H,1-2H3,(H,16,17). The van der Waals surface area contributed by atoms with Crippen molar-refractivity contribution in [2.75, 3.05) is 0 Å². The molecular weight excluding hydrogens is 284 g/mol. The van der Waals surface area contributed by atoms with Gasteiger partial charge in [-0.2, -0.15) is 0 Å². The van der Waals surface area contributed by atoms with Crippen LogP contribution in [0.2, 0.25) is 0 Å². The van der Waals surface area contributed by atoms with Gasteiger partial charge in [-0.05, 0) is 37.6 Å². The van der Waals surface area contributed by atoms with Gasteiger partial charge in [0.05, 0.1) is 11.4 Å². The van der Waals surface area contributed by atoms with E-state index in [2.05, 4.69) is 20.9 Å². The van der Waals surface area contributed by atoms with Crippen LogP contribution in [-0.4, -0.2) is 20.6 Å². The Morgan fingerprint density at radius 3 is 2.71 bits per heavy atom. The normalized spacial score (nSPS) is 10.5. The van der Waals surface area contributed by atoms with Crippen molar-refractivity contribution in [3.8, 4) is 5.69 Å². The van der Waals surface area contributed by atoms with Crippen molar-refractivity contribution in [2.24, 2.45) is 0 Å². The molecule has 1 aromatic carbocycles. The Bertz CT molecular complexity index is 590. The third-order valence-electron chi connectivity index (χ3n) is 2.57. The smallest absolute Gasteiger partial charge is 0.354 e. The zero-order valence-electron chi connectivity index (χ0n) is 9.44. The van der Waals surface area contributed by atoms with Crippen LogP contribution in [-0.2, 0) is 0 Å². The molecule has 0 radical (unpaired) electrons. The average molecular weight is 295 g/mol. The molecule has 0 unspecified atom stereocenters. The van der Waals surface area contributed by atoms with Gasteiger partial charge in [-0.15, -0.1) is 0 Å². The van der Waals surface area contributed by atoms with Crippen molar-refractivity contribution < 1.29 is 9.90 Å². The van der Waals surface area contributed by atoms with E-state index in [0.29, 0.717) is 5.69 Å². The van der Waals surface area contributed by atoms with Crippen molar-refractivity contribution >= 4 is 21.9 Å². The minimum absolute atomic E-state index is 0.204. The quantitative estimate of drug-likeness (QED) is 0.926. The van der Waals surface area contributed by atoms with E-state index < -0.39 is 5.97 Å². The first-order chi connectivity index (χ1) is 8.00. The molecule has 0 saturated carbocycles. The summed E-state index contributed by atoms with van der Waals surface area (Å²) < 4.78 is 2.56. The van der Waals surface area contributed by atoms with E-state index in [0.717, 1.165) is 15.7 Å². The Labute approximate surface area is 107 Å². The Hall–Kier alpha value is -1.62. The minimum atomic E-state index is -0.970. The van der Waals surface area contributed by atoms with Crippen LogP contribution < -0.4 is 0 Å². The van der Waals surface area contributed by atoms with Crippen LogP contribution in [0, 0.1) is 13.8 Å². The molecule has 2 aromatic rings. The maximum absolute atomic E-state index is 11.2. The first-order valence-corrected chi connectivity index (χ1v) is 5.83. The number of hydrogen-bond acceptors (Lipinski definition) is 2. The molecule has 0 atom stereocenters. The highest BCUT2D eigenvalue weighted by atomic mass is 79.9. The van der Waals surface area contributed by atoms with Gasteiger partial charge in [-0.25, -0.2) is 9.78 Å². The highest BCUT2D eigenvalue weighted by molar-refractivity contribution is 9.10. The first-order valence-electron chi connectivity index (χ1n) is 5.04. The Balaban J connectivity index is 2.65. The highest BCUT2D eigenvalue weighted by Gasteiger charge is 2.16. The molecule has 5 heteroatoms. The number of rotatable bonds is 2.